The van der Waals surface area contributed by atoms with Crippen molar-refractivity contribution in [2.24, 2.45) is 0 Å². The summed E-state index contributed by atoms with van der Waals surface area (Å²) in [5.74, 6) is -3.50. The molecule has 0 aromatic heterocycles. The van der Waals surface area contributed by atoms with Crippen LogP contribution in [0.4, 0.5) is 0 Å². The molecule has 10 aliphatic heterocycles. The summed E-state index contributed by atoms with van der Waals surface area (Å²) in [5, 5.41) is 290. The molecule has 0 bridgehead atoms. The zero-order valence-electron chi connectivity index (χ0n) is 65.2. The van der Waals surface area contributed by atoms with Crippen LogP contribution >= 0.6 is 0 Å². The predicted molar refractivity (Wildman–Crippen MR) is 372 cm³/mol. The summed E-state index contributed by atoms with van der Waals surface area (Å²) in [6.45, 7) is -2.54. The molecule has 120 heavy (non-hydrogen) atoms. The Labute approximate surface area is 681 Å². The van der Waals surface area contributed by atoms with E-state index in [1.165, 1.54) is 13.8 Å². The Bertz CT molecular complexity index is 3230. The van der Waals surface area contributed by atoms with Crippen molar-refractivity contribution in [3.05, 3.63) is 0 Å². The first-order chi connectivity index (χ1) is 56.7. The Kier molecular flexibility index (Phi) is 35.1. The average Bonchev–Trinajstić information content (AvgIpc) is 0.747. The number of nitrogens with one attached hydrogen (secondary N) is 4. The minimum atomic E-state index is -2.61. The van der Waals surface area contributed by atoms with E-state index in [1.54, 1.807) is 0 Å². The molecule has 52 heteroatoms. The highest BCUT2D eigenvalue weighted by Crippen LogP contribution is 2.41. The Morgan fingerprint density at radius 1 is 0.258 bits per heavy atom. The second-order valence-electron chi connectivity index (χ2n) is 30.9. The Hall–Kier alpha value is -3.88. The molecule has 0 spiro atoms. The van der Waals surface area contributed by atoms with E-state index in [0.717, 1.165) is 27.7 Å². The van der Waals surface area contributed by atoms with Gasteiger partial charge < -0.3 is 239 Å². The maximum atomic E-state index is 13.5. The molecule has 10 aliphatic rings. The molecule has 0 unspecified atom stereocenters. The molecule has 10 saturated heterocycles. The van der Waals surface area contributed by atoms with Gasteiger partial charge in [-0.1, -0.05) is 0 Å². The van der Waals surface area contributed by atoms with Gasteiger partial charge in [0.15, 0.2) is 56.6 Å². The maximum absolute atomic E-state index is 13.5. The number of rotatable bonds is 30. The van der Waals surface area contributed by atoms with Gasteiger partial charge in [-0.2, -0.15) is 0 Å². The smallest absolute Gasteiger partial charge is 0.217 e. The largest absolute Gasteiger partial charge is 0.394 e. The molecule has 0 aromatic carbocycles. The molecular weight excluding hydrogens is 1640 g/mol. The zero-order valence-corrected chi connectivity index (χ0v) is 65.2. The lowest BCUT2D eigenvalue weighted by Crippen LogP contribution is -2.71. The third-order valence-corrected chi connectivity index (χ3v) is 22.3. The lowest BCUT2D eigenvalue weighted by atomic mass is 9.93. The van der Waals surface area contributed by atoms with Crippen molar-refractivity contribution >= 4 is 23.6 Å². The molecule has 0 aromatic rings. The quantitative estimate of drug-likeness (QED) is 0.0318. The molecule has 0 radical (unpaired) electrons. The standard InChI is InChI=1S/C68H114N4O48/c1-16-34(83)44(93)49(98)63(105-16)103-15-30-54(36(85)22(13-102-30)69-18(3)79)114-61-32(71-20(5)81)43(92)53(27(11-77)111-61)115-66-52(101)57(41(90)29(113-66)14-104-67-58(47(96)39(88)25(9-75)109-67)119-60-31(70-19(4)80)42(91)37(86)23(7-73)107-60)118-68-59(48(97)40(89)26(10-76)110-68)120-62-33(72-21(6)82)56(117-64-50(99)45(94)35(84)17(2)106-64)55(28(12-78)112-62)116-65-51(100)46(95)38(87)24(8-74)108-65/h16-17,22-68,73-78,83-101H,7-15H2,1-6H3,(H,69,79)(H,70,80)(H,71,81)(H,72,82)/t16-,17-,22-,23+,24+,25+,26+,27+,28+,29+,30+,31+,32+,33+,34+,35+,36+,37+,38-,39+,40+,41+,42+,43+,44+,45+,46-,47-,48-,49-,50-,51+,52-,53+,54+,55+,56+,57-,58-,59-,60-,61-,62-,63+,64-,65-,66-,67-,68+/m0/s1. The van der Waals surface area contributed by atoms with Gasteiger partial charge in [-0.25, -0.2) is 0 Å². The fraction of sp³-hybridized carbons (Fsp3) is 0.941. The van der Waals surface area contributed by atoms with Gasteiger partial charge in [0.1, 0.15) is 226 Å². The monoisotopic (exact) mass is 1750 g/mol. The number of aliphatic hydroxyl groups excluding tert-OH is 25. The summed E-state index contributed by atoms with van der Waals surface area (Å²) in [6.07, 6.45) is -91.4. The van der Waals surface area contributed by atoms with Crippen molar-refractivity contribution in [2.45, 2.75) is 342 Å². The van der Waals surface area contributed by atoms with E-state index in [0.29, 0.717) is 0 Å². The summed E-state index contributed by atoms with van der Waals surface area (Å²) < 4.78 is 115. The molecular formula is C68H114N4O48. The second kappa shape index (κ2) is 42.8. The average molecular weight is 1760 g/mol. The SMILES string of the molecule is CC(=O)N[C@H]1[C@H](O[C@H]2[C@H](O)[C@@H](NC(C)=O)CO[C@@H]2CO[C@@H]2O[C@@H](C)[C@@H](O)[C@@H](O)[C@@H]2O)O[C@H](CO)[C@@H](O[C@@H]2O[C@H](CO[C@H]3O[C@H](CO)[C@@H](O)[C@H](O)[C@@H]3O[C@@H]3O[C@H](CO)[C@@H](O)[C@H](O)[C@H]3NC(C)=O)[C@@H](O)[C@H](O[C@H]3O[C@H](CO)[C@@H](O)[C@H](O)[C@@H]3O[C@@H]3O[C@H](CO)[C@@H](O[C@@H]4O[C@H](CO)[C@H](O)[C@H](O)[C@H]4O)[C@H](O[C@@H]4O[C@@H](C)[C@@H](O)[C@@H](O)[C@@H]4O)[C@H]3NC(C)=O)[C@@H]2O)[C@@H]1O. The second-order valence-corrected chi connectivity index (χ2v) is 30.9. The minimum absolute atomic E-state index is 0.443. The molecule has 694 valence electrons. The molecule has 10 rings (SSSR count). The molecule has 52 nitrogen and oxygen atoms in total. The Morgan fingerprint density at radius 3 is 1.10 bits per heavy atom. The van der Waals surface area contributed by atoms with Crippen molar-refractivity contribution in [3.8, 4) is 0 Å². The first-order valence-corrected chi connectivity index (χ1v) is 38.7. The fourth-order valence-electron chi connectivity index (χ4n) is 15.7. The van der Waals surface area contributed by atoms with E-state index >= 15 is 0 Å². The molecule has 29 N–H and O–H groups in total. The molecule has 0 aliphatic carbocycles. The molecule has 10 fully saturated rings. The van der Waals surface area contributed by atoms with Crippen molar-refractivity contribution in [1.82, 2.24) is 21.3 Å². The predicted octanol–water partition coefficient (Wildman–Crippen LogP) is -19.5. The van der Waals surface area contributed by atoms with Gasteiger partial charge in [0.05, 0.1) is 77.7 Å². The van der Waals surface area contributed by atoms with Crippen LogP contribution in [0.5, 0.6) is 0 Å². The summed E-state index contributed by atoms with van der Waals surface area (Å²) in [6, 6.07) is -7.04. The lowest BCUT2D eigenvalue weighted by molar-refractivity contribution is -0.403. The molecule has 49 atom stereocenters. The van der Waals surface area contributed by atoms with Crippen molar-refractivity contribution in [1.29, 1.82) is 0 Å². The van der Waals surface area contributed by atoms with Gasteiger partial charge in [-0.3, -0.25) is 19.2 Å². The van der Waals surface area contributed by atoms with Crippen LogP contribution in [-0.2, 0) is 109 Å². The van der Waals surface area contributed by atoms with E-state index in [-0.39, 0.29) is 0 Å². The molecule has 10 heterocycles. The summed E-state index contributed by atoms with van der Waals surface area (Å²) in [4.78, 5) is 51.7. The van der Waals surface area contributed by atoms with Gasteiger partial charge in [-0.05, 0) is 13.8 Å². The van der Waals surface area contributed by atoms with E-state index < -0.39 is 384 Å². The van der Waals surface area contributed by atoms with Crippen molar-refractivity contribution in [3.63, 3.8) is 0 Å². The van der Waals surface area contributed by atoms with Gasteiger partial charge in [0, 0.05) is 27.7 Å². The van der Waals surface area contributed by atoms with Crippen LogP contribution in [0.15, 0.2) is 0 Å². The topological polar surface area (TPSA) is 798 Å². The first kappa shape index (κ1) is 98.3. The summed E-state index contributed by atoms with van der Waals surface area (Å²) in [5.41, 5.74) is 0. The highest BCUT2D eigenvalue weighted by atomic mass is 16.8. The van der Waals surface area contributed by atoms with E-state index in [4.69, 9.17) is 90.0 Å². The van der Waals surface area contributed by atoms with Crippen LogP contribution < -0.4 is 21.3 Å². The summed E-state index contributed by atoms with van der Waals surface area (Å²) in [7, 11) is 0. The van der Waals surface area contributed by atoms with Crippen molar-refractivity contribution < 1.29 is 237 Å². The van der Waals surface area contributed by atoms with E-state index in [1.807, 2.05) is 0 Å². The van der Waals surface area contributed by atoms with Gasteiger partial charge in [0.25, 0.3) is 0 Å². The number of hydrogen-bond donors (Lipinski definition) is 29. The highest BCUT2D eigenvalue weighted by Gasteiger charge is 2.62. The molecule has 0 saturated carbocycles. The number of aliphatic hydroxyl groups is 25. The van der Waals surface area contributed by atoms with Crippen LogP contribution in [0, 0.1) is 0 Å². The third-order valence-electron chi connectivity index (χ3n) is 22.3. The highest BCUT2D eigenvalue weighted by molar-refractivity contribution is 5.74. The normalized spacial score (nSPS) is 49.7. The maximum Gasteiger partial charge on any atom is 0.217 e. The lowest BCUT2D eigenvalue weighted by Gasteiger charge is -2.52. The van der Waals surface area contributed by atoms with Crippen molar-refractivity contribution in [2.75, 3.05) is 59.5 Å². The number of amides is 4. The number of carbonyl (C=O) groups excluding carboxylic acids is 4. The van der Waals surface area contributed by atoms with Gasteiger partial charge >= 0.3 is 0 Å². The number of carbonyl (C=O) groups is 4. The van der Waals surface area contributed by atoms with Gasteiger partial charge in [0.2, 0.25) is 23.6 Å². The Morgan fingerprint density at radius 2 is 0.583 bits per heavy atom. The number of hydrogen-bond acceptors (Lipinski definition) is 48. The van der Waals surface area contributed by atoms with E-state index in [9.17, 15) is 147 Å². The minimum Gasteiger partial charge on any atom is -0.394 e. The van der Waals surface area contributed by atoms with Crippen LogP contribution in [0.2, 0.25) is 0 Å². The van der Waals surface area contributed by atoms with E-state index in [2.05, 4.69) is 21.3 Å². The zero-order chi connectivity index (χ0) is 88.2. The van der Waals surface area contributed by atoms with Crippen LogP contribution in [0.1, 0.15) is 41.5 Å². The van der Waals surface area contributed by atoms with Crippen LogP contribution in [-0.4, -0.2) is 511 Å². The van der Waals surface area contributed by atoms with Crippen LogP contribution in [0.3, 0.4) is 0 Å². The Balaban J connectivity index is 1.01. The van der Waals surface area contributed by atoms with Crippen LogP contribution in [0.25, 0.3) is 0 Å². The molecule has 4 amide bonds. The van der Waals surface area contributed by atoms with Gasteiger partial charge in [-0.15, -0.1) is 0 Å². The third kappa shape index (κ3) is 21.7. The first-order valence-electron chi connectivity index (χ1n) is 38.7. The summed E-state index contributed by atoms with van der Waals surface area (Å²) >= 11 is 0. The number of ether oxygens (including phenoxy) is 19. The fourth-order valence-corrected chi connectivity index (χ4v) is 15.7.